The van der Waals surface area contributed by atoms with Crippen molar-refractivity contribution in [2.24, 2.45) is 5.92 Å². The molecule has 0 radical (unpaired) electrons. The first-order chi connectivity index (χ1) is 11.6. The van der Waals surface area contributed by atoms with Crippen molar-refractivity contribution >= 4 is 11.6 Å². The molecule has 4 heteroatoms. The van der Waals surface area contributed by atoms with Crippen LogP contribution in [0.25, 0.3) is 0 Å². The first-order valence-electron chi connectivity index (χ1n) is 8.52. The molecule has 124 valence electrons. The van der Waals surface area contributed by atoms with Gasteiger partial charge in [0.05, 0.1) is 0 Å². The van der Waals surface area contributed by atoms with E-state index < -0.39 is 0 Å². The summed E-state index contributed by atoms with van der Waals surface area (Å²) in [6, 6.07) is 10.9. The van der Waals surface area contributed by atoms with Gasteiger partial charge in [-0.3, -0.25) is 4.79 Å². The molecular formula is C20H21FN2O. The highest BCUT2D eigenvalue weighted by molar-refractivity contribution is 6.06. The van der Waals surface area contributed by atoms with Crippen molar-refractivity contribution in [3.05, 3.63) is 64.5 Å². The number of hydrogen-bond acceptors (Lipinski definition) is 2. The molecule has 1 aliphatic heterocycles. The molecule has 3 nitrogen and oxygen atoms in total. The number of benzene rings is 2. The topological polar surface area (TPSA) is 32.3 Å². The Hall–Kier alpha value is -2.20. The predicted octanol–water partition coefficient (Wildman–Crippen LogP) is 3.79. The summed E-state index contributed by atoms with van der Waals surface area (Å²) in [4.78, 5) is 14.8. The summed E-state index contributed by atoms with van der Waals surface area (Å²) in [5, 5.41) is 3.30. The molecule has 0 aromatic heterocycles. The fraction of sp³-hybridized carbons (Fsp3) is 0.350. The van der Waals surface area contributed by atoms with Gasteiger partial charge in [0.15, 0.2) is 0 Å². The quantitative estimate of drug-likeness (QED) is 0.928. The van der Waals surface area contributed by atoms with Crippen molar-refractivity contribution in [1.82, 2.24) is 5.32 Å². The Bertz CT molecular complexity index is 798. The molecule has 2 aromatic rings. The van der Waals surface area contributed by atoms with E-state index >= 15 is 0 Å². The van der Waals surface area contributed by atoms with Crippen molar-refractivity contribution in [1.29, 1.82) is 0 Å². The highest BCUT2D eigenvalue weighted by Crippen LogP contribution is 2.33. The molecule has 0 bridgehead atoms. The third-order valence-corrected chi connectivity index (χ3v) is 4.93. The smallest absolute Gasteiger partial charge is 0.258 e. The summed E-state index contributed by atoms with van der Waals surface area (Å²) in [6.07, 6.45) is 2.29. The van der Waals surface area contributed by atoms with Crippen molar-refractivity contribution in [3.63, 3.8) is 0 Å². The lowest BCUT2D eigenvalue weighted by molar-refractivity contribution is 0.0985. The molecule has 1 fully saturated rings. The van der Waals surface area contributed by atoms with Crippen LogP contribution >= 0.6 is 0 Å². The van der Waals surface area contributed by atoms with E-state index in [-0.39, 0.29) is 11.7 Å². The van der Waals surface area contributed by atoms with Gasteiger partial charge < -0.3 is 10.2 Å². The van der Waals surface area contributed by atoms with Gasteiger partial charge in [0, 0.05) is 30.9 Å². The van der Waals surface area contributed by atoms with E-state index in [1.54, 1.807) is 17.9 Å². The van der Waals surface area contributed by atoms with Crippen molar-refractivity contribution in [3.8, 4) is 0 Å². The second-order valence-electron chi connectivity index (χ2n) is 6.88. The summed E-state index contributed by atoms with van der Waals surface area (Å²) in [7, 11) is 0. The van der Waals surface area contributed by atoms with Crippen LogP contribution < -0.4 is 10.2 Å². The van der Waals surface area contributed by atoms with Crippen molar-refractivity contribution < 1.29 is 9.18 Å². The molecular weight excluding hydrogens is 303 g/mol. The van der Waals surface area contributed by atoms with E-state index in [2.05, 4.69) is 5.32 Å². The molecule has 1 N–H and O–H groups in total. The number of amides is 1. The summed E-state index contributed by atoms with van der Waals surface area (Å²) >= 11 is 0. The molecule has 4 rings (SSSR count). The van der Waals surface area contributed by atoms with Gasteiger partial charge in [-0.1, -0.05) is 12.1 Å². The van der Waals surface area contributed by atoms with E-state index in [1.165, 1.54) is 17.2 Å². The number of halogens is 1. The van der Waals surface area contributed by atoms with Gasteiger partial charge in [-0.15, -0.1) is 0 Å². The third kappa shape index (κ3) is 2.94. The number of carbonyl (C=O) groups excluding carboxylic acids is 1. The predicted molar refractivity (Wildman–Crippen MR) is 92.5 cm³/mol. The van der Waals surface area contributed by atoms with E-state index in [0.29, 0.717) is 29.3 Å². The molecule has 2 aromatic carbocycles. The number of nitrogens with zero attached hydrogens (tertiary/aromatic N) is 1. The minimum absolute atomic E-state index is 0.0418. The van der Waals surface area contributed by atoms with Gasteiger partial charge in [0.1, 0.15) is 5.82 Å². The number of carbonyl (C=O) groups is 1. The number of hydrogen-bond donors (Lipinski definition) is 1. The van der Waals surface area contributed by atoms with Crippen molar-refractivity contribution in [2.45, 2.75) is 32.9 Å². The number of fused-ring (bicyclic) bond motifs is 1. The summed E-state index contributed by atoms with van der Waals surface area (Å²) in [6.45, 7) is 4.06. The lowest BCUT2D eigenvalue weighted by atomic mass is 10.0. The second kappa shape index (κ2) is 6.02. The number of nitrogens with one attached hydrogen (secondary N) is 1. The monoisotopic (exact) mass is 324 g/mol. The Morgan fingerprint density at radius 2 is 1.96 bits per heavy atom. The molecule has 0 atom stereocenters. The van der Waals surface area contributed by atoms with Crippen LogP contribution in [0.2, 0.25) is 0 Å². The highest BCUT2D eigenvalue weighted by Gasteiger charge is 2.29. The van der Waals surface area contributed by atoms with E-state index in [4.69, 9.17) is 0 Å². The fourth-order valence-electron chi connectivity index (χ4n) is 3.20. The number of aryl methyl sites for hydroxylation is 1. The maximum absolute atomic E-state index is 14.0. The maximum atomic E-state index is 14.0. The Morgan fingerprint density at radius 1 is 1.17 bits per heavy atom. The zero-order chi connectivity index (χ0) is 16.7. The molecule has 0 spiro atoms. The van der Waals surface area contributed by atoms with Gasteiger partial charge in [-0.25, -0.2) is 4.39 Å². The van der Waals surface area contributed by atoms with Gasteiger partial charge in [-0.2, -0.15) is 0 Å². The Kier molecular flexibility index (Phi) is 3.85. The molecule has 0 saturated heterocycles. The standard InChI is InChI=1S/C20H21FN2O/c1-13-2-7-18(9-19(13)21)23(12-14-3-4-14)20(24)15-5-6-16-10-22-11-17(16)8-15/h2,5-9,14,22H,3-4,10-12H2,1H3. The van der Waals surface area contributed by atoms with Crippen LogP contribution in [-0.2, 0) is 13.1 Å². The molecule has 24 heavy (non-hydrogen) atoms. The van der Waals surface area contributed by atoms with Crippen LogP contribution in [-0.4, -0.2) is 12.5 Å². The van der Waals surface area contributed by atoms with Crippen LogP contribution in [0.5, 0.6) is 0 Å². The molecule has 1 amide bonds. The Labute approximate surface area is 141 Å². The van der Waals surface area contributed by atoms with Crippen LogP contribution in [0, 0.1) is 18.7 Å². The van der Waals surface area contributed by atoms with Crippen LogP contribution in [0.1, 0.15) is 39.9 Å². The zero-order valence-corrected chi connectivity index (χ0v) is 13.8. The number of anilines is 1. The normalized spacial score (nSPS) is 16.1. The summed E-state index contributed by atoms with van der Waals surface area (Å²) in [5.74, 6) is 0.230. The molecule has 1 saturated carbocycles. The highest BCUT2D eigenvalue weighted by atomic mass is 19.1. The van der Waals surface area contributed by atoms with E-state index in [0.717, 1.165) is 25.9 Å². The number of rotatable bonds is 4. The van der Waals surface area contributed by atoms with Crippen LogP contribution in [0.15, 0.2) is 36.4 Å². The second-order valence-corrected chi connectivity index (χ2v) is 6.88. The van der Waals surface area contributed by atoms with Gasteiger partial charge in [0.25, 0.3) is 5.91 Å². The SMILES string of the molecule is Cc1ccc(N(CC2CC2)C(=O)c2ccc3c(c2)CNC3)cc1F. The first kappa shape index (κ1) is 15.3. The maximum Gasteiger partial charge on any atom is 0.258 e. The minimum Gasteiger partial charge on any atom is -0.309 e. The molecule has 0 unspecified atom stereocenters. The van der Waals surface area contributed by atoms with Crippen molar-refractivity contribution in [2.75, 3.05) is 11.4 Å². The van der Waals surface area contributed by atoms with Gasteiger partial charge in [0.2, 0.25) is 0 Å². The zero-order valence-electron chi connectivity index (χ0n) is 13.8. The average Bonchev–Trinajstić information content (AvgIpc) is 3.28. The largest absolute Gasteiger partial charge is 0.309 e. The third-order valence-electron chi connectivity index (χ3n) is 4.93. The first-order valence-corrected chi connectivity index (χ1v) is 8.52. The van der Waals surface area contributed by atoms with E-state index in [1.807, 2.05) is 24.3 Å². The Morgan fingerprint density at radius 3 is 2.71 bits per heavy atom. The van der Waals surface area contributed by atoms with E-state index in [9.17, 15) is 9.18 Å². The fourth-order valence-corrected chi connectivity index (χ4v) is 3.20. The van der Waals surface area contributed by atoms with Crippen LogP contribution in [0.3, 0.4) is 0 Å². The van der Waals surface area contributed by atoms with Crippen LogP contribution in [0.4, 0.5) is 10.1 Å². The molecule has 1 heterocycles. The summed E-state index contributed by atoms with van der Waals surface area (Å²) < 4.78 is 14.0. The Balaban J connectivity index is 1.67. The minimum atomic E-state index is -0.265. The van der Waals surface area contributed by atoms with Gasteiger partial charge >= 0.3 is 0 Å². The molecule has 2 aliphatic rings. The summed E-state index contributed by atoms with van der Waals surface area (Å²) in [5.41, 5.74) is 4.36. The van der Waals surface area contributed by atoms with Gasteiger partial charge in [-0.05, 0) is 66.6 Å². The lowest BCUT2D eigenvalue weighted by Crippen LogP contribution is -2.33. The molecule has 1 aliphatic carbocycles. The average molecular weight is 324 g/mol. The lowest BCUT2D eigenvalue weighted by Gasteiger charge is -2.23.